The molecule has 36 heavy (non-hydrogen) atoms. The van der Waals surface area contributed by atoms with Gasteiger partial charge in [0.25, 0.3) is 0 Å². The highest BCUT2D eigenvalue weighted by Gasteiger charge is 2.40. The van der Waals surface area contributed by atoms with E-state index in [9.17, 15) is 0 Å². The molecular weight excluding hydrogens is 544 g/mol. The topological polar surface area (TPSA) is 52.2 Å². The lowest BCUT2D eigenvalue weighted by Crippen LogP contribution is -2.34. The van der Waals surface area contributed by atoms with E-state index in [0.717, 1.165) is 48.4 Å². The molecule has 0 bridgehead atoms. The lowest BCUT2D eigenvalue weighted by atomic mass is 9.79. The first kappa shape index (κ1) is 26.0. The quantitative estimate of drug-likeness (QED) is 0.492. The van der Waals surface area contributed by atoms with Crippen LogP contribution in [0.3, 0.4) is 0 Å². The van der Waals surface area contributed by atoms with Gasteiger partial charge in [-0.3, -0.25) is 0 Å². The van der Waals surface area contributed by atoms with Gasteiger partial charge in [-0.15, -0.1) is 29.4 Å². The molecule has 2 fully saturated rings. The van der Waals surface area contributed by atoms with Gasteiger partial charge in [-0.25, -0.2) is 0 Å². The molecule has 196 valence electrons. The third-order valence-corrected chi connectivity index (χ3v) is 8.97. The Morgan fingerprint density at radius 2 is 1.44 bits per heavy atom. The Morgan fingerprint density at radius 1 is 0.806 bits per heavy atom. The molecule has 4 aliphatic heterocycles. The first-order valence-corrected chi connectivity index (χ1v) is 13.1. The van der Waals surface area contributed by atoms with Crippen LogP contribution in [0.25, 0.3) is 0 Å². The molecule has 0 spiro atoms. The van der Waals surface area contributed by atoms with E-state index in [-0.39, 0.29) is 29.4 Å². The van der Waals surface area contributed by atoms with E-state index >= 15 is 0 Å². The second-order valence-electron chi connectivity index (χ2n) is 10.4. The SMILES string of the molecule is Br.CCN1CC[C@@H]2c3ccc4c(c3CC[C@H]21)OCO4.Cl.c1cc2c(c3c1OCO3)CC[C@H]1NCC[C@H]21. The van der Waals surface area contributed by atoms with Crippen LogP contribution in [-0.2, 0) is 12.8 Å². The fourth-order valence-corrected chi connectivity index (χ4v) is 7.39. The molecule has 0 unspecified atom stereocenters. The van der Waals surface area contributed by atoms with Gasteiger partial charge < -0.3 is 29.2 Å². The maximum atomic E-state index is 5.66. The van der Waals surface area contributed by atoms with Crippen LogP contribution in [0.15, 0.2) is 24.3 Å². The molecule has 8 rings (SSSR count). The highest BCUT2D eigenvalue weighted by atomic mass is 79.9. The summed E-state index contributed by atoms with van der Waals surface area (Å²) in [5.74, 6) is 5.32. The van der Waals surface area contributed by atoms with Crippen molar-refractivity contribution in [3.63, 3.8) is 0 Å². The minimum atomic E-state index is 0. The van der Waals surface area contributed by atoms with Crippen molar-refractivity contribution in [2.75, 3.05) is 33.2 Å². The number of ether oxygens (including phenoxy) is 4. The highest BCUT2D eigenvalue weighted by Crippen LogP contribution is 2.48. The molecular formula is C28H36BrClN2O4. The van der Waals surface area contributed by atoms with Crippen LogP contribution in [0.1, 0.15) is 66.7 Å². The van der Waals surface area contributed by atoms with Crippen LogP contribution in [0.5, 0.6) is 23.0 Å². The average Bonchev–Trinajstić information content (AvgIpc) is 3.67. The molecule has 0 aromatic heterocycles. The number of nitrogens with zero attached hydrogens (tertiary/aromatic N) is 1. The standard InChI is InChI=1S/C15H19NO2.C13H15NO2.BrH.ClH/c1-2-16-8-7-11-10-4-6-14-15(18-9-17-14)12(10)3-5-13(11)16;1-3-11-9(5-6-14-11)8-2-4-12-13(10(1)8)16-7-15-12;;/h4,6,11,13H,2-3,5,7-9H2,1H3;2,4,9,11,14H,1,3,5-7H2;2*1H/t11-,13-;9-,11-;;/m11../s1. The van der Waals surface area contributed by atoms with Crippen molar-refractivity contribution in [3.05, 3.63) is 46.5 Å². The van der Waals surface area contributed by atoms with Gasteiger partial charge in [-0.05, 0) is 81.4 Å². The Kier molecular flexibility index (Phi) is 7.64. The van der Waals surface area contributed by atoms with Crippen LogP contribution in [0.2, 0.25) is 0 Å². The van der Waals surface area contributed by atoms with E-state index in [0.29, 0.717) is 31.5 Å². The predicted octanol–water partition coefficient (Wildman–Crippen LogP) is 5.35. The van der Waals surface area contributed by atoms with Crippen LogP contribution >= 0.6 is 29.4 Å². The molecule has 8 heteroatoms. The molecule has 2 aromatic rings. The van der Waals surface area contributed by atoms with E-state index in [1.165, 1.54) is 61.0 Å². The molecule has 2 saturated heterocycles. The Hall–Kier alpha value is -1.67. The minimum absolute atomic E-state index is 0. The third-order valence-electron chi connectivity index (χ3n) is 8.97. The molecule has 4 atom stereocenters. The first-order chi connectivity index (χ1) is 16.8. The minimum Gasteiger partial charge on any atom is -0.454 e. The Labute approximate surface area is 230 Å². The van der Waals surface area contributed by atoms with Crippen LogP contribution in [-0.4, -0.2) is 50.2 Å². The Morgan fingerprint density at radius 3 is 2.11 bits per heavy atom. The van der Waals surface area contributed by atoms with Crippen LogP contribution < -0.4 is 24.3 Å². The summed E-state index contributed by atoms with van der Waals surface area (Å²) in [6, 6.07) is 10.1. The molecule has 1 N–H and O–H groups in total. The monoisotopic (exact) mass is 578 g/mol. The predicted molar refractivity (Wildman–Crippen MR) is 147 cm³/mol. The van der Waals surface area contributed by atoms with Gasteiger partial charge in [0.1, 0.15) is 0 Å². The van der Waals surface area contributed by atoms with Crippen molar-refractivity contribution in [1.82, 2.24) is 10.2 Å². The smallest absolute Gasteiger partial charge is 0.231 e. The largest absolute Gasteiger partial charge is 0.454 e. The molecule has 4 heterocycles. The number of likely N-dealkylation sites (tertiary alicyclic amines) is 1. The second-order valence-corrected chi connectivity index (χ2v) is 10.4. The van der Waals surface area contributed by atoms with Crippen LogP contribution in [0, 0.1) is 0 Å². The average molecular weight is 580 g/mol. The van der Waals surface area contributed by atoms with Crippen molar-refractivity contribution in [2.45, 2.75) is 69.4 Å². The lowest BCUT2D eigenvalue weighted by molar-refractivity contribution is 0.172. The maximum absolute atomic E-state index is 5.66. The maximum Gasteiger partial charge on any atom is 0.231 e. The number of hydrogen-bond acceptors (Lipinski definition) is 6. The Balaban J connectivity index is 0.000000141. The van der Waals surface area contributed by atoms with Crippen LogP contribution in [0.4, 0.5) is 0 Å². The summed E-state index contributed by atoms with van der Waals surface area (Å²) in [6.45, 7) is 6.64. The van der Waals surface area contributed by atoms with E-state index in [4.69, 9.17) is 18.9 Å². The molecule has 6 nitrogen and oxygen atoms in total. The number of fused-ring (bicyclic) bond motifs is 10. The highest BCUT2D eigenvalue weighted by molar-refractivity contribution is 8.93. The van der Waals surface area contributed by atoms with Crippen molar-refractivity contribution in [2.24, 2.45) is 0 Å². The molecule has 0 saturated carbocycles. The van der Waals surface area contributed by atoms with Gasteiger partial charge in [-0.1, -0.05) is 19.1 Å². The zero-order valence-corrected chi connectivity index (χ0v) is 23.3. The van der Waals surface area contributed by atoms with Crippen molar-refractivity contribution < 1.29 is 18.9 Å². The van der Waals surface area contributed by atoms with Crippen molar-refractivity contribution >= 4 is 29.4 Å². The van der Waals surface area contributed by atoms with Gasteiger partial charge in [-0.2, -0.15) is 0 Å². The van der Waals surface area contributed by atoms with Gasteiger partial charge in [0.15, 0.2) is 23.0 Å². The van der Waals surface area contributed by atoms with Gasteiger partial charge in [0.2, 0.25) is 13.6 Å². The van der Waals surface area contributed by atoms with E-state index < -0.39 is 0 Å². The zero-order valence-electron chi connectivity index (χ0n) is 20.8. The number of likely N-dealkylation sites (N-methyl/N-ethyl adjacent to an activating group) is 1. The molecule has 0 amide bonds. The fourth-order valence-electron chi connectivity index (χ4n) is 7.39. The lowest BCUT2D eigenvalue weighted by Gasteiger charge is -2.33. The summed E-state index contributed by atoms with van der Waals surface area (Å²) in [4.78, 5) is 2.64. The third kappa shape index (κ3) is 4.16. The van der Waals surface area contributed by atoms with Gasteiger partial charge in [0.05, 0.1) is 0 Å². The molecule has 0 radical (unpaired) electrons. The summed E-state index contributed by atoms with van der Waals surface area (Å²) >= 11 is 0. The number of halogens is 2. The molecule has 2 aromatic carbocycles. The fraction of sp³-hybridized carbons (Fsp3) is 0.571. The number of rotatable bonds is 1. The molecule has 6 aliphatic rings. The second kappa shape index (κ2) is 10.6. The summed E-state index contributed by atoms with van der Waals surface area (Å²) in [7, 11) is 0. The zero-order chi connectivity index (χ0) is 22.6. The van der Waals surface area contributed by atoms with E-state index in [1.54, 1.807) is 0 Å². The van der Waals surface area contributed by atoms with E-state index in [1.807, 2.05) is 0 Å². The van der Waals surface area contributed by atoms with Gasteiger partial charge >= 0.3 is 0 Å². The summed E-state index contributed by atoms with van der Waals surface area (Å²) in [5, 5.41) is 3.60. The Bertz CT molecular complexity index is 1120. The van der Waals surface area contributed by atoms with E-state index in [2.05, 4.69) is 41.4 Å². The number of benzene rings is 2. The molecule has 2 aliphatic carbocycles. The van der Waals surface area contributed by atoms with Crippen molar-refractivity contribution in [1.29, 1.82) is 0 Å². The normalized spacial score (nSPS) is 27.9. The summed E-state index contributed by atoms with van der Waals surface area (Å²) < 4.78 is 22.2. The first-order valence-electron chi connectivity index (χ1n) is 13.1. The summed E-state index contributed by atoms with van der Waals surface area (Å²) in [6.07, 6.45) is 7.32. The number of nitrogens with one attached hydrogen (secondary N) is 1. The summed E-state index contributed by atoms with van der Waals surface area (Å²) in [5.41, 5.74) is 5.83. The van der Waals surface area contributed by atoms with Crippen molar-refractivity contribution in [3.8, 4) is 23.0 Å². The van der Waals surface area contributed by atoms with Gasteiger partial charge in [0, 0.05) is 35.0 Å². The number of hydrogen-bond donors (Lipinski definition) is 1.